The molecule has 96 valence electrons. The number of nitrogens with one attached hydrogen (secondary N) is 2. The minimum atomic E-state index is -0.120. The largest absolute Gasteiger partial charge is 0.338 e. The minimum absolute atomic E-state index is 0.120. The highest BCUT2D eigenvalue weighted by Crippen LogP contribution is 2.35. The smallest absolute Gasteiger partial charge is 0.318 e. The van der Waals surface area contributed by atoms with Gasteiger partial charge < -0.3 is 10.6 Å². The Balaban J connectivity index is 1.64. The van der Waals surface area contributed by atoms with Gasteiger partial charge in [-0.25, -0.2) is 4.79 Å². The summed E-state index contributed by atoms with van der Waals surface area (Å²) in [5.74, 6) is 0.703. The SMILES string of the molecule is C/C(=C\NC(=O)NCCc1ccccc1)C1CC1. The lowest BCUT2D eigenvalue weighted by Crippen LogP contribution is -2.33. The maximum absolute atomic E-state index is 11.5. The number of urea groups is 1. The molecule has 3 nitrogen and oxygen atoms in total. The molecule has 0 spiro atoms. The molecule has 2 N–H and O–H groups in total. The lowest BCUT2D eigenvalue weighted by atomic mass is 10.1. The molecule has 0 aromatic heterocycles. The number of allylic oxidation sites excluding steroid dienone is 1. The zero-order valence-corrected chi connectivity index (χ0v) is 10.8. The second-order valence-electron chi connectivity index (χ2n) is 4.80. The van der Waals surface area contributed by atoms with E-state index in [1.807, 2.05) is 24.4 Å². The van der Waals surface area contributed by atoms with Crippen molar-refractivity contribution in [2.75, 3.05) is 6.54 Å². The number of carbonyl (C=O) groups excluding carboxylic acids is 1. The Morgan fingerprint density at radius 3 is 2.72 bits per heavy atom. The first-order valence-corrected chi connectivity index (χ1v) is 6.50. The molecule has 1 aliphatic carbocycles. The van der Waals surface area contributed by atoms with Gasteiger partial charge in [-0.05, 0) is 37.7 Å². The Morgan fingerprint density at radius 2 is 2.06 bits per heavy atom. The van der Waals surface area contributed by atoms with Crippen LogP contribution in [0, 0.1) is 5.92 Å². The van der Waals surface area contributed by atoms with Crippen molar-refractivity contribution in [1.29, 1.82) is 0 Å². The fourth-order valence-corrected chi connectivity index (χ4v) is 1.85. The summed E-state index contributed by atoms with van der Waals surface area (Å²) in [4.78, 5) is 11.5. The Hall–Kier alpha value is -1.77. The number of hydrogen-bond donors (Lipinski definition) is 2. The summed E-state index contributed by atoms with van der Waals surface area (Å²) in [6, 6.07) is 10.0. The average Bonchev–Trinajstić information content (AvgIpc) is 3.21. The van der Waals surface area contributed by atoms with E-state index >= 15 is 0 Å². The monoisotopic (exact) mass is 244 g/mol. The van der Waals surface area contributed by atoms with E-state index in [1.54, 1.807) is 0 Å². The predicted molar refractivity (Wildman–Crippen MR) is 73.2 cm³/mol. The number of carbonyl (C=O) groups is 1. The van der Waals surface area contributed by atoms with Crippen molar-refractivity contribution >= 4 is 6.03 Å². The third-order valence-corrected chi connectivity index (χ3v) is 3.19. The van der Waals surface area contributed by atoms with Gasteiger partial charge in [0.05, 0.1) is 0 Å². The van der Waals surface area contributed by atoms with Crippen LogP contribution in [0.2, 0.25) is 0 Å². The molecular weight excluding hydrogens is 224 g/mol. The van der Waals surface area contributed by atoms with Crippen LogP contribution in [0.1, 0.15) is 25.3 Å². The van der Waals surface area contributed by atoms with E-state index in [-0.39, 0.29) is 6.03 Å². The standard InChI is InChI=1S/C15H20N2O/c1-12(14-7-8-14)11-17-15(18)16-10-9-13-5-3-2-4-6-13/h2-6,11,14H,7-10H2,1H3,(H2,16,17,18)/b12-11+. The molecule has 0 heterocycles. The molecule has 0 unspecified atom stereocenters. The van der Waals surface area contributed by atoms with Gasteiger partial charge in [-0.1, -0.05) is 35.9 Å². The summed E-state index contributed by atoms with van der Waals surface area (Å²) in [6.07, 6.45) is 5.22. The van der Waals surface area contributed by atoms with E-state index in [0.29, 0.717) is 12.5 Å². The molecule has 2 rings (SSSR count). The van der Waals surface area contributed by atoms with E-state index < -0.39 is 0 Å². The van der Waals surface area contributed by atoms with Gasteiger partial charge in [0.2, 0.25) is 0 Å². The summed E-state index contributed by atoms with van der Waals surface area (Å²) < 4.78 is 0. The summed E-state index contributed by atoms with van der Waals surface area (Å²) >= 11 is 0. The van der Waals surface area contributed by atoms with E-state index in [0.717, 1.165) is 6.42 Å². The first kappa shape index (κ1) is 12.7. The van der Waals surface area contributed by atoms with Crippen molar-refractivity contribution in [3.63, 3.8) is 0 Å². The third kappa shape index (κ3) is 4.24. The molecule has 1 aliphatic rings. The van der Waals surface area contributed by atoms with E-state index in [4.69, 9.17) is 0 Å². The van der Waals surface area contributed by atoms with Crippen LogP contribution in [0.4, 0.5) is 4.79 Å². The van der Waals surface area contributed by atoms with E-state index in [9.17, 15) is 4.79 Å². The van der Waals surface area contributed by atoms with Crippen molar-refractivity contribution < 1.29 is 4.79 Å². The molecule has 0 saturated heterocycles. The van der Waals surface area contributed by atoms with Crippen LogP contribution >= 0.6 is 0 Å². The quantitative estimate of drug-likeness (QED) is 0.821. The van der Waals surface area contributed by atoms with Crippen LogP contribution in [0.25, 0.3) is 0 Å². The predicted octanol–water partition coefficient (Wildman–Crippen LogP) is 2.84. The first-order valence-electron chi connectivity index (χ1n) is 6.50. The van der Waals surface area contributed by atoms with Crippen LogP contribution in [0.3, 0.4) is 0 Å². The van der Waals surface area contributed by atoms with Gasteiger partial charge in [0, 0.05) is 12.7 Å². The van der Waals surface area contributed by atoms with E-state index in [2.05, 4.69) is 29.7 Å². The maximum atomic E-state index is 11.5. The highest BCUT2D eigenvalue weighted by Gasteiger charge is 2.22. The molecular formula is C15H20N2O. The van der Waals surface area contributed by atoms with Crippen LogP contribution in [-0.4, -0.2) is 12.6 Å². The van der Waals surface area contributed by atoms with Crippen molar-refractivity contribution in [3.05, 3.63) is 47.7 Å². The lowest BCUT2D eigenvalue weighted by Gasteiger charge is -2.05. The molecule has 0 aliphatic heterocycles. The van der Waals surface area contributed by atoms with Crippen LogP contribution in [0.5, 0.6) is 0 Å². The highest BCUT2D eigenvalue weighted by atomic mass is 16.2. The van der Waals surface area contributed by atoms with Crippen LogP contribution in [-0.2, 0) is 6.42 Å². The minimum Gasteiger partial charge on any atom is -0.338 e. The lowest BCUT2D eigenvalue weighted by molar-refractivity contribution is 0.244. The second-order valence-corrected chi connectivity index (χ2v) is 4.80. The molecule has 1 fully saturated rings. The van der Waals surface area contributed by atoms with Gasteiger partial charge in [0.25, 0.3) is 0 Å². The van der Waals surface area contributed by atoms with Crippen molar-refractivity contribution in [1.82, 2.24) is 10.6 Å². The number of benzene rings is 1. The molecule has 3 heteroatoms. The molecule has 1 saturated carbocycles. The molecule has 0 bridgehead atoms. The zero-order valence-electron chi connectivity index (χ0n) is 10.8. The van der Waals surface area contributed by atoms with Gasteiger partial charge >= 0.3 is 6.03 Å². The highest BCUT2D eigenvalue weighted by molar-refractivity contribution is 5.74. The van der Waals surface area contributed by atoms with Crippen LogP contribution < -0.4 is 10.6 Å². The number of rotatable bonds is 5. The Kier molecular flexibility index (Phi) is 4.40. The fourth-order valence-electron chi connectivity index (χ4n) is 1.85. The van der Waals surface area contributed by atoms with Gasteiger partial charge in [-0.3, -0.25) is 0 Å². The Bertz CT molecular complexity index is 421. The van der Waals surface area contributed by atoms with Gasteiger partial charge in [-0.2, -0.15) is 0 Å². The first-order chi connectivity index (χ1) is 8.75. The topological polar surface area (TPSA) is 41.1 Å². The molecule has 0 radical (unpaired) electrons. The zero-order chi connectivity index (χ0) is 12.8. The summed E-state index contributed by atoms with van der Waals surface area (Å²) in [6.45, 7) is 2.73. The summed E-state index contributed by atoms with van der Waals surface area (Å²) in [5.41, 5.74) is 2.51. The van der Waals surface area contributed by atoms with E-state index in [1.165, 1.54) is 24.0 Å². The second kappa shape index (κ2) is 6.24. The third-order valence-electron chi connectivity index (χ3n) is 3.19. The van der Waals surface area contributed by atoms with Crippen LogP contribution in [0.15, 0.2) is 42.1 Å². The maximum Gasteiger partial charge on any atom is 0.318 e. The van der Waals surface area contributed by atoms with Gasteiger partial charge in [0.1, 0.15) is 0 Å². The molecule has 0 atom stereocenters. The van der Waals surface area contributed by atoms with Crippen molar-refractivity contribution in [3.8, 4) is 0 Å². The van der Waals surface area contributed by atoms with Crippen molar-refractivity contribution in [2.24, 2.45) is 5.92 Å². The van der Waals surface area contributed by atoms with Gasteiger partial charge in [0.15, 0.2) is 0 Å². The van der Waals surface area contributed by atoms with Gasteiger partial charge in [-0.15, -0.1) is 0 Å². The molecule has 2 amide bonds. The number of hydrogen-bond acceptors (Lipinski definition) is 1. The Morgan fingerprint density at radius 1 is 1.33 bits per heavy atom. The average molecular weight is 244 g/mol. The van der Waals surface area contributed by atoms with Crippen molar-refractivity contribution in [2.45, 2.75) is 26.2 Å². The fraction of sp³-hybridized carbons (Fsp3) is 0.400. The molecule has 1 aromatic rings. The molecule has 1 aromatic carbocycles. The summed E-state index contributed by atoms with van der Waals surface area (Å²) in [5, 5.41) is 5.63. The summed E-state index contributed by atoms with van der Waals surface area (Å²) in [7, 11) is 0. The normalized spacial score (nSPS) is 15.3. The number of amides is 2. The molecule has 18 heavy (non-hydrogen) atoms. The Labute approximate surface area is 108 Å².